The maximum atomic E-state index is 12.3. The lowest BCUT2D eigenvalue weighted by Gasteiger charge is -2.08. The van der Waals surface area contributed by atoms with E-state index in [9.17, 15) is 4.79 Å². The van der Waals surface area contributed by atoms with Crippen molar-refractivity contribution in [1.29, 1.82) is 0 Å². The van der Waals surface area contributed by atoms with E-state index < -0.39 is 0 Å². The summed E-state index contributed by atoms with van der Waals surface area (Å²) in [7, 11) is 0. The minimum atomic E-state index is -0.0506. The molecule has 0 unspecified atom stereocenters. The van der Waals surface area contributed by atoms with E-state index in [4.69, 9.17) is 4.42 Å². The molecule has 0 aliphatic carbocycles. The van der Waals surface area contributed by atoms with E-state index in [1.54, 1.807) is 24.7 Å². The van der Waals surface area contributed by atoms with Gasteiger partial charge in [-0.15, -0.1) is 11.8 Å². The van der Waals surface area contributed by atoms with Crippen molar-refractivity contribution in [3.63, 3.8) is 0 Å². The van der Waals surface area contributed by atoms with Crippen LogP contribution in [0.2, 0.25) is 0 Å². The van der Waals surface area contributed by atoms with Gasteiger partial charge in [-0.05, 0) is 29.8 Å². The average molecular weight is 367 g/mol. The number of carbonyl (C=O) groups is 1. The van der Waals surface area contributed by atoms with Crippen LogP contribution < -0.4 is 5.32 Å². The molecular formula is C20H21N3O2S. The first-order valence-electron chi connectivity index (χ1n) is 8.48. The molecule has 1 amide bonds. The summed E-state index contributed by atoms with van der Waals surface area (Å²) in [6, 6.07) is 11.7. The first-order valence-corrected chi connectivity index (χ1v) is 9.36. The topological polar surface area (TPSA) is 68.0 Å². The number of amides is 1. The molecule has 2 aromatic heterocycles. The van der Waals surface area contributed by atoms with Gasteiger partial charge in [0.2, 0.25) is 5.91 Å². The minimum absolute atomic E-state index is 0.0506. The maximum Gasteiger partial charge on any atom is 0.224 e. The van der Waals surface area contributed by atoms with E-state index in [-0.39, 0.29) is 5.91 Å². The summed E-state index contributed by atoms with van der Waals surface area (Å²) in [5, 5.41) is 3.45. The second-order valence-electron chi connectivity index (χ2n) is 6.09. The van der Waals surface area contributed by atoms with Crippen molar-refractivity contribution in [1.82, 2.24) is 15.3 Å². The lowest BCUT2D eigenvalue weighted by atomic mass is 10.1. The first-order chi connectivity index (χ1) is 12.6. The van der Waals surface area contributed by atoms with Crippen LogP contribution in [0.25, 0.3) is 11.5 Å². The van der Waals surface area contributed by atoms with Crippen molar-refractivity contribution in [2.75, 3.05) is 0 Å². The molecule has 5 nitrogen and oxygen atoms in total. The lowest BCUT2D eigenvalue weighted by molar-refractivity contribution is -0.120. The standard InChI is InChI=1S/C20H21N3O2S/c1-14(2)26-16-7-5-15(6-8-16)12-19(24)23-13-17-20(22-10-9-21-17)18-4-3-11-25-18/h3-11,14H,12-13H2,1-2H3,(H,23,24). The normalized spacial score (nSPS) is 10.9. The molecule has 1 aromatic carbocycles. The van der Waals surface area contributed by atoms with Crippen LogP contribution in [-0.2, 0) is 17.8 Å². The number of nitrogens with one attached hydrogen (secondary N) is 1. The van der Waals surface area contributed by atoms with Gasteiger partial charge in [-0.25, -0.2) is 4.98 Å². The predicted molar refractivity (Wildman–Crippen MR) is 103 cm³/mol. The quantitative estimate of drug-likeness (QED) is 0.637. The Morgan fingerprint density at radius 2 is 1.92 bits per heavy atom. The van der Waals surface area contributed by atoms with Crippen LogP contribution in [-0.4, -0.2) is 21.1 Å². The van der Waals surface area contributed by atoms with E-state index in [1.807, 2.05) is 30.0 Å². The van der Waals surface area contributed by atoms with Gasteiger partial charge in [0.15, 0.2) is 5.76 Å². The third-order valence-corrected chi connectivity index (χ3v) is 4.66. The Bertz CT molecular complexity index is 846. The molecule has 0 saturated heterocycles. The number of rotatable bonds is 7. The third kappa shape index (κ3) is 4.95. The fourth-order valence-corrected chi connectivity index (χ4v) is 3.34. The van der Waals surface area contributed by atoms with Crippen molar-refractivity contribution < 1.29 is 9.21 Å². The Kier molecular flexibility index (Phi) is 6.07. The van der Waals surface area contributed by atoms with E-state index in [2.05, 4.69) is 41.3 Å². The molecule has 3 aromatic rings. The molecule has 134 valence electrons. The molecule has 0 aliphatic heterocycles. The van der Waals surface area contributed by atoms with Crippen LogP contribution in [0.3, 0.4) is 0 Å². The highest BCUT2D eigenvalue weighted by molar-refractivity contribution is 7.99. The van der Waals surface area contributed by atoms with Crippen LogP contribution >= 0.6 is 11.8 Å². The number of hydrogen-bond acceptors (Lipinski definition) is 5. The Balaban J connectivity index is 1.58. The highest BCUT2D eigenvalue weighted by Gasteiger charge is 2.12. The van der Waals surface area contributed by atoms with Gasteiger partial charge < -0.3 is 9.73 Å². The Labute approximate surface area is 157 Å². The summed E-state index contributed by atoms with van der Waals surface area (Å²) in [5.74, 6) is 0.589. The van der Waals surface area contributed by atoms with Crippen LogP contribution in [0.5, 0.6) is 0 Å². The summed E-state index contributed by atoms with van der Waals surface area (Å²) < 4.78 is 5.38. The Morgan fingerprint density at radius 3 is 2.62 bits per heavy atom. The van der Waals surface area contributed by atoms with Crippen LogP contribution in [0.15, 0.2) is 64.4 Å². The second kappa shape index (κ2) is 8.67. The lowest BCUT2D eigenvalue weighted by Crippen LogP contribution is -2.25. The number of nitrogens with zero attached hydrogens (tertiary/aromatic N) is 2. The van der Waals surface area contributed by atoms with E-state index in [0.29, 0.717) is 35.4 Å². The number of thioether (sulfide) groups is 1. The van der Waals surface area contributed by atoms with Gasteiger partial charge in [0.1, 0.15) is 5.69 Å². The van der Waals surface area contributed by atoms with Gasteiger partial charge in [-0.3, -0.25) is 9.78 Å². The zero-order valence-electron chi connectivity index (χ0n) is 14.8. The van der Waals surface area contributed by atoms with Gasteiger partial charge in [-0.1, -0.05) is 26.0 Å². The molecule has 0 fully saturated rings. The summed E-state index contributed by atoms with van der Waals surface area (Å²) in [5.41, 5.74) is 2.31. The Hall–Kier alpha value is -2.60. The molecule has 0 bridgehead atoms. The van der Waals surface area contributed by atoms with Crippen LogP contribution in [0, 0.1) is 0 Å². The zero-order chi connectivity index (χ0) is 18.4. The second-order valence-corrected chi connectivity index (χ2v) is 7.74. The average Bonchev–Trinajstić information content (AvgIpc) is 3.16. The van der Waals surface area contributed by atoms with Crippen molar-refractivity contribution in [3.8, 4) is 11.5 Å². The molecule has 0 radical (unpaired) electrons. The van der Waals surface area contributed by atoms with Crippen LogP contribution in [0.1, 0.15) is 25.1 Å². The molecule has 6 heteroatoms. The molecule has 0 saturated carbocycles. The summed E-state index contributed by atoms with van der Waals surface area (Å²) in [6.45, 7) is 4.63. The smallest absolute Gasteiger partial charge is 0.224 e. The monoisotopic (exact) mass is 367 g/mol. The molecule has 0 aliphatic rings. The molecule has 1 N–H and O–H groups in total. The van der Waals surface area contributed by atoms with E-state index in [1.165, 1.54) is 4.90 Å². The highest BCUT2D eigenvalue weighted by atomic mass is 32.2. The number of carbonyl (C=O) groups excluding carboxylic acids is 1. The molecule has 0 atom stereocenters. The number of aromatic nitrogens is 2. The number of hydrogen-bond donors (Lipinski definition) is 1. The third-order valence-electron chi connectivity index (χ3n) is 3.64. The summed E-state index contributed by atoms with van der Waals surface area (Å²) in [6.07, 6.45) is 5.15. The van der Waals surface area contributed by atoms with Gasteiger partial charge >= 0.3 is 0 Å². The zero-order valence-corrected chi connectivity index (χ0v) is 15.6. The van der Waals surface area contributed by atoms with Gasteiger partial charge in [0, 0.05) is 22.5 Å². The van der Waals surface area contributed by atoms with Crippen LogP contribution in [0.4, 0.5) is 0 Å². The number of furan rings is 1. The molecule has 2 heterocycles. The minimum Gasteiger partial charge on any atom is -0.463 e. The predicted octanol–water partition coefficient (Wildman–Crippen LogP) is 4.10. The fourth-order valence-electron chi connectivity index (χ4n) is 2.50. The molecule has 26 heavy (non-hydrogen) atoms. The van der Waals surface area contributed by atoms with Gasteiger partial charge in [-0.2, -0.15) is 0 Å². The van der Waals surface area contributed by atoms with Crippen molar-refractivity contribution in [3.05, 3.63) is 66.3 Å². The SMILES string of the molecule is CC(C)Sc1ccc(CC(=O)NCc2nccnc2-c2ccco2)cc1. The molecule has 3 rings (SSSR count). The molecule has 0 spiro atoms. The van der Waals surface area contributed by atoms with Crippen molar-refractivity contribution in [2.45, 2.75) is 37.0 Å². The van der Waals surface area contributed by atoms with E-state index in [0.717, 1.165) is 5.56 Å². The van der Waals surface area contributed by atoms with Crippen molar-refractivity contribution >= 4 is 17.7 Å². The van der Waals surface area contributed by atoms with Crippen molar-refractivity contribution in [2.24, 2.45) is 0 Å². The van der Waals surface area contributed by atoms with Gasteiger partial charge in [0.25, 0.3) is 0 Å². The summed E-state index contributed by atoms with van der Waals surface area (Å²) >= 11 is 1.81. The first kappa shape index (κ1) is 18.2. The summed E-state index contributed by atoms with van der Waals surface area (Å²) in [4.78, 5) is 22.1. The Morgan fingerprint density at radius 1 is 1.15 bits per heavy atom. The van der Waals surface area contributed by atoms with Gasteiger partial charge in [0.05, 0.1) is 24.9 Å². The largest absolute Gasteiger partial charge is 0.463 e. The molecular weight excluding hydrogens is 346 g/mol. The maximum absolute atomic E-state index is 12.3. The fraction of sp³-hybridized carbons (Fsp3) is 0.250. The van der Waals surface area contributed by atoms with E-state index >= 15 is 0 Å². The number of benzene rings is 1. The highest BCUT2D eigenvalue weighted by Crippen LogP contribution is 2.23.